The summed E-state index contributed by atoms with van der Waals surface area (Å²) in [4.78, 5) is 14.4. The predicted molar refractivity (Wildman–Crippen MR) is 259 cm³/mol. The fourth-order valence-corrected chi connectivity index (χ4v) is 12.7. The molecule has 20 heteroatoms. The molecule has 4 aliphatic rings. The Hall–Kier alpha value is -5.16. The first-order valence-electron chi connectivity index (χ1n) is 23.3. The number of hydrogen-bond acceptors (Lipinski definition) is 16. The number of carbonyl (C=O) groups is 1. The number of hydrogen-bond donors (Lipinski definition) is 1. The van der Waals surface area contributed by atoms with Gasteiger partial charge in [-0.25, -0.2) is 18.5 Å². The van der Waals surface area contributed by atoms with Gasteiger partial charge in [0.05, 0.1) is 58.9 Å². The van der Waals surface area contributed by atoms with Crippen LogP contribution < -0.4 is 5.32 Å². The number of benzene rings is 6. The number of fused-ring (bicyclic) bond motifs is 3. The molecule has 0 unspecified atom stereocenters. The van der Waals surface area contributed by atoms with Gasteiger partial charge in [-0.15, -0.1) is 0 Å². The molecule has 376 valence electrons. The third kappa shape index (κ3) is 12.4. The van der Waals surface area contributed by atoms with Crippen molar-refractivity contribution in [1.29, 1.82) is 0 Å². The lowest BCUT2D eigenvalue weighted by atomic mass is 9.82. The Kier molecular flexibility index (Phi) is 16.1. The van der Waals surface area contributed by atoms with Crippen LogP contribution in [0, 0.1) is 0 Å². The highest BCUT2D eigenvalue weighted by atomic mass is 31.2. The number of ether oxygens (including phenoxy) is 3. The minimum atomic E-state index is -4.77. The third-order valence-corrected chi connectivity index (χ3v) is 16.6. The van der Waals surface area contributed by atoms with Crippen LogP contribution in [0.5, 0.6) is 0 Å². The first-order chi connectivity index (χ1) is 35.1. The number of rotatable bonds is 15. The number of phosphoric acid groups is 3. The lowest BCUT2D eigenvalue weighted by Gasteiger charge is -2.50. The van der Waals surface area contributed by atoms with Gasteiger partial charge in [0, 0.05) is 0 Å². The van der Waals surface area contributed by atoms with Crippen LogP contribution in [0.3, 0.4) is 0 Å². The normalized spacial score (nSPS) is 24.2. The molecule has 6 aromatic rings. The Bertz CT molecular complexity index is 2840. The molecule has 1 fully saturated rings. The molecule has 1 amide bonds. The highest BCUT2D eigenvalue weighted by molar-refractivity contribution is 7.49. The fourth-order valence-electron chi connectivity index (χ4n) is 8.66. The van der Waals surface area contributed by atoms with Crippen molar-refractivity contribution in [3.63, 3.8) is 0 Å². The van der Waals surface area contributed by atoms with Gasteiger partial charge in [-0.2, -0.15) is 0 Å². The smallest absolute Gasteiger partial charge is 0.445 e. The first kappa shape index (κ1) is 50.4. The number of carbonyl (C=O) groups excluding carboxylic acids is 1. The van der Waals surface area contributed by atoms with Gasteiger partial charge in [0.1, 0.15) is 37.1 Å². The molecule has 6 atom stereocenters. The second-order valence-electron chi connectivity index (χ2n) is 17.3. The number of phosphoric ester groups is 3. The fraction of sp³-hybridized carbons (Fsp3) is 0.288. The maximum atomic E-state index is 15.2. The Morgan fingerprint density at radius 2 is 0.667 bits per heavy atom. The summed E-state index contributed by atoms with van der Waals surface area (Å²) in [5.74, 6) is 0. The molecule has 0 radical (unpaired) electrons. The van der Waals surface area contributed by atoms with Crippen LogP contribution in [0.2, 0.25) is 0 Å². The summed E-state index contributed by atoms with van der Waals surface area (Å²) >= 11 is 0. The van der Waals surface area contributed by atoms with E-state index in [1.54, 1.807) is 48.5 Å². The SMILES string of the molecule is O=C(N[C@@H]1[C@@H](OP2(=O)OCc3ccccc3CO2)[C@H](OP2(=O)OCc3ccccc3CO2)[C@@H](OCc2ccccc2)[C@@H](OCc2ccccc2)[C@H]1OP1(=O)OCc2ccccc2CO1)OCc1ccccc1. The molecule has 0 bridgehead atoms. The van der Waals surface area contributed by atoms with Gasteiger partial charge in [-0.05, 0) is 50.1 Å². The molecule has 6 aromatic carbocycles. The zero-order chi connectivity index (χ0) is 49.4. The van der Waals surface area contributed by atoms with Crippen molar-refractivity contribution in [1.82, 2.24) is 5.32 Å². The van der Waals surface area contributed by atoms with E-state index < -0.39 is 66.1 Å². The van der Waals surface area contributed by atoms with Gasteiger partial charge in [-0.3, -0.25) is 40.7 Å². The molecule has 0 spiro atoms. The van der Waals surface area contributed by atoms with Gasteiger partial charge in [0.25, 0.3) is 0 Å². The predicted octanol–water partition coefficient (Wildman–Crippen LogP) is 11.2. The minimum Gasteiger partial charge on any atom is -0.445 e. The molecule has 72 heavy (non-hydrogen) atoms. The van der Waals surface area contributed by atoms with E-state index in [4.69, 9.17) is 54.9 Å². The van der Waals surface area contributed by atoms with E-state index in [0.29, 0.717) is 50.1 Å². The summed E-state index contributed by atoms with van der Waals surface area (Å²) in [5.41, 5.74) is 6.23. The quantitative estimate of drug-likeness (QED) is 0.0955. The molecular formula is C52H52NO16P3. The summed E-state index contributed by atoms with van der Waals surface area (Å²) in [6.07, 6.45) is -9.21. The second-order valence-corrected chi connectivity index (χ2v) is 22.1. The lowest BCUT2D eigenvalue weighted by Crippen LogP contribution is -2.70. The van der Waals surface area contributed by atoms with Gasteiger partial charge >= 0.3 is 29.6 Å². The number of alkyl carbamates (subject to hydrolysis) is 1. The average molecular weight is 1040 g/mol. The van der Waals surface area contributed by atoms with Crippen molar-refractivity contribution >= 4 is 29.6 Å². The summed E-state index contributed by atoms with van der Waals surface area (Å²) in [6, 6.07) is 47.3. The summed E-state index contributed by atoms with van der Waals surface area (Å²) in [7, 11) is -14.2. The zero-order valence-electron chi connectivity index (χ0n) is 38.8. The van der Waals surface area contributed by atoms with E-state index in [0.717, 1.165) is 0 Å². The molecule has 1 N–H and O–H groups in total. The van der Waals surface area contributed by atoms with Crippen molar-refractivity contribution < 1.29 is 73.4 Å². The van der Waals surface area contributed by atoms with E-state index in [1.807, 2.05) is 115 Å². The highest BCUT2D eigenvalue weighted by Gasteiger charge is 2.61. The number of amides is 1. The molecule has 0 saturated heterocycles. The van der Waals surface area contributed by atoms with Crippen molar-refractivity contribution in [2.75, 3.05) is 0 Å². The van der Waals surface area contributed by atoms with Crippen LogP contribution in [-0.4, -0.2) is 42.7 Å². The molecule has 0 aromatic heterocycles. The average Bonchev–Trinajstić information content (AvgIpc) is 3.78. The highest BCUT2D eigenvalue weighted by Crippen LogP contribution is 2.61. The third-order valence-electron chi connectivity index (χ3n) is 12.4. The number of nitrogens with one attached hydrogen (secondary N) is 1. The maximum Gasteiger partial charge on any atom is 0.475 e. The molecule has 17 nitrogen and oxygen atoms in total. The molecule has 3 heterocycles. The summed E-state index contributed by atoms with van der Waals surface area (Å²) in [5, 5.41) is 2.83. The Labute approximate surface area is 416 Å². The van der Waals surface area contributed by atoms with Gasteiger partial charge in [0.15, 0.2) is 0 Å². The Balaban J connectivity index is 1.11. The van der Waals surface area contributed by atoms with Crippen LogP contribution >= 0.6 is 23.5 Å². The van der Waals surface area contributed by atoms with E-state index in [9.17, 15) is 4.79 Å². The molecule has 1 saturated carbocycles. The molecule has 1 aliphatic carbocycles. The largest absolute Gasteiger partial charge is 0.475 e. The van der Waals surface area contributed by atoms with Crippen LogP contribution in [0.25, 0.3) is 0 Å². The van der Waals surface area contributed by atoms with E-state index in [-0.39, 0.29) is 59.5 Å². The molecular weight excluding hydrogens is 987 g/mol. The topological polar surface area (TPSA) is 191 Å². The van der Waals surface area contributed by atoms with Crippen molar-refractivity contribution in [3.05, 3.63) is 214 Å². The van der Waals surface area contributed by atoms with E-state index in [2.05, 4.69) is 5.32 Å². The summed E-state index contributed by atoms with van der Waals surface area (Å²) in [6.45, 7) is -1.55. The molecule has 3 aliphatic heterocycles. The van der Waals surface area contributed by atoms with Crippen LogP contribution in [-0.2, 0) is 128 Å². The monoisotopic (exact) mass is 1040 g/mol. The van der Waals surface area contributed by atoms with Crippen LogP contribution in [0.4, 0.5) is 4.79 Å². The Morgan fingerprint density at radius 3 is 1.01 bits per heavy atom. The van der Waals surface area contributed by atoms with Gasteiger partial charge in [-0.1, -0.05) is 164 Å². The minimum absolute atomic E-state index is 0.111. The first-order valence-corrected chi connectivity index (χ1v) is 27.7. The Morgan fingerprint density at radius 1 is 0.389 bits per heavy atom. The van der Waals surface area contributed by atoms with Crippen LogP contribution in [0.15, 0.2) is 164 Å². The van der Waals surface area contributed by atoms with Gasteiger partial charge in [0.2, 0.25) is 0 Å². The summed E-state index contributed by atoms with van der Waals surface area (Å²) < 4.78 is 121. The van der Waals surface area contributed by atoms with Crippen molar-refractivity contribution in [2.45, 2.75) is 96.0 Å². The maximum absolute atomic E-state index is 15.2. The zero-order valence-corrected chi connectivity index (χ0v) is 41.5. The van der Waals surface area contributed by atoms with Crippen molar-refractivity contribution in [2.24, 2.45) is 0 Å². The molecule has 10 rings (SSSR count). The van der Waals surface area contributed by atoms with E-state index in [1.165, 1.54) is 0 Å². The van der Waals surface area contributed by atoms with E-state index >= 15 is 13.7 Å². The van der Waals surface area contributed by atoms with Crippen molar-refractivity contribution in [3.8, 4) is 0 Å². The lowest BCUT2D eigenvalue weighted by molar-refractivity contribution is -0.219. The van der Waals surface area contributed by atoms with Crippen LogP contribution in [0.1, 0.15) is 50.1 Å². The van der Waals surface area contributed by atoms with Gasteiger partial charge < -0.3 is 19.5 Å². The standard InChI is InChI=1S/C52H52NO16P3/c54-52(60-30-39-20-8-3-9-21-39)53-46-47(67-70(55)61-31-40-22-10-11-23-41(40)32-62-70)49(58-28-37-16-4-1-5-17-37)50(59-29-38-18-6-2-7-19-38)51(69-72(57)65-35-44-26-14-15-27-45(44)36-66-72)48(46)68-71(56)63-33-42-24-12-13-25-43(42)34-64-71/h1-27,46-51H,28-36H2,(H,53,54)/t46-,47-,48+,49-,50-,51-/m0/s1. The second kappa shape index (κ2) is 22.9.